The van der Waals surface area contributed by atoms with Gasteiger partial charge >= 0.3 is 5.97 Å². The van der Waals surface area contributed by atoms with Gasteiger partial charge in [0.2, 0.25) is 12.7 Å². The Hall–Kier alpha value is -4.04. The largest absolute Gasteiger partial charge is 0.494 e. The smallest absolute Gasteiger partial charge is 0.309 e. The Morgan fingerprint density at radius 1 is 1.00 bits per heavy atom. The summed E-state index contributed by atoms with van der Waals surface area (Å²) in [7, 11) is 0. The topological polar surface area (TPSA) is 97.3 Å². The third-order valence-corrected chi connectivity index (χ3v) is 8.42. The molecule has 8 nitrogen and oxygen atoms in total. The Labute approximate surface area is 247 Å². The van der Waals surface area contributed by atoms with Gasteiger partial charge in [-0.25, -0.2) is 0 Å². The zero-order chi connectivity index (χ0) is 29.8. The molecule has 3 aromatic carbocycles. The number of carboxylic acids is 1. The second-order valence-electron chi connectivity index (χ2n) is 11.0. The fourth-order valence-corrected chi connectivity index (χ4v) is 6.38. The number of aryl methyl sites for hydroxylation is 2. The van der Waals surface area contributed by atoms with Gasteiger partial charge < -0.3 is 24.6 Å². The molecule has 0 aromatic heterocycles. The minimum atomic E-state index is -0.902. The van der Waals surface area contributed by atoms with Crippen LogP contribution in [-0.2, 0) is 22.4 Å². The van der Waals surface area contributed by atoms with Crippen LogP contribution in [0.1, 0.15) is 67.0 Å². The van der Waals surface area contributed by atoms with Crippen LogP contribution in [0.4, 0.5) is 5.69 Å². The number of para-hydroxylation sites is 1. The van der Waals surface area contributed by atoms with Gasteiger partial charge in [0, 0.05) is 24.2 Å². The molecule has 2 N–H and O–H groups in total. The molecule has 3 atom stereocenters. The Morgan fingerprint density at radius 2 is 1.71 bits per heavy atom. The molecule has 2 aliphatic rings. The highest BCUT2D eigenvalue weighted by Crippen LogP contribution is 2.49. The van der Waals surface area contributed by atoms with Crippen LogP contribution in [0.2, 0.25) is 0 Å². The molecule has 0 saturated carbocycles. The molecule has 1 amide bonds. The first-order valence-electron chi connectivity index (χ1n) is 14.8. The van der Waals surface area contributed by atoms with Crippen molar-refractivity contribution in [1.29, 1.82) is 0 Å². The van der Waals surface area contributed by atoms with Crippen molar-refractivity contribution < 1.29 is 28.9 Å². The van der Waals surface area contributed by atoms with Gasteiger partial charge in [-0.1, -0.05) is 57.2 Å². The minimum absolute atomic E-state index is 0.0594. The number of hydrogen-bond donors (Lipinski definition) is 2. The van der Waals surface area contributed by atoms with E-state index in [4.69, 9.17) is 14.2 Å². The van der Waals surface area contributed by atoms with E-state index in [-0.39, 0.29) is 25.2 Å². The Morgan fingerprint density at radius 3 is 2.36 bits per heavy atom. The van der Waals surface area contributed by atoms with Crippen molar-refractivity contribution in [2.75, 3.05) is 31.8 Å². The fraction of sp³-hybridized carbons (Fsp3) is 0.412. The first-order valence-corrected chi connectivity index (χ1v) is 14.8. The summed E-state index contributed by atoms with van der Waals surface area (Å²) in [4.78, 5) is 28.6. The van der Waals surface area contributed by atoms with Crippen molar-refractivity contribution in [2.24, 2.45) is 5.92 Å². The second kappa shape index (κ2) is 12.9. The van der Waals surface area contributed by atoms with E-state index in [1.54, 1.807) is 0 Å². The maximum Gasteiger partial charge on any atom is 0.309 e. The summed E-state index contributed by atoms with van der Waals surface area (Å²) in [6.07, 6.45) is 2.50. The van der Waals surface area contributed by atoms with Crippen LogP contribution in [0, 0.1) is 12.8 Å². The first kappa shape index (κ1) is 29.5. The second-order valence-corrected chi connectivity index (χ2v) is 11.0. The van der Waals surface area contributed by atoms with Crippen LogP contribution >= 0.6 is 0 Å². The zero-order valence-corrected chi connectivity index (χ0v) is 24.8. The summed E-state index contributed by atoms with van der Waals surface area (Å²) in [6, 6.07) is 17.0. The molecule has 2 heterocycles. The maximum absolute atomic E-state index is 13.6. The SMILES string of the molecule is CCCOc1ccc([C@H]2C(C(=O)O)[C@@H](c3ccc4c(c3C)OCO4)CN2CC(=O)Nc2c(CC)cccc2CC)cc1. The van der Waals surface area contributed by atoms with E-state index in [1.165, 1.54) is 0 Å². The highest BCUT2D eigenvalue weighted by molar-refractivity contribution is 5.94. The Balaban J connectivity index is 1.50. The van der Waals surface area contributed by atoms with E-state index >= 15 is 0 Å². The molecule has 1 unspecified atom stereocenters. The molecule has 3 aromatic rings. The molecule has 0 aliphatic carbocycles. The van der Waals surface area contributed by atoms with Crippen LogP contribution in [-0.4, -0.2) is 48.4 Å². The number of benzene rings is 3. The molecule has 8 heteroatoms. The van der Waals surface area contributed by atoms with Gasteiger partial charge in [-0.3, -0.25) is 14.5 Å². The van der Waals surface area contributed by atoms with Crippen LogP contribution in [0.3, 0.4) is 0 Å². The lowest BCUT2D eigenvalue weighted by atomic mass is 9.81. The Bertz CT molecular complexity index is 1410. The average Bonchev–Trinajstić information content (AvgIpc) is 3.62. The van der Waals surface area contributed by atoms with Crippen molar-refractivity contribution in [3.63, 3.8) is 0 Å². The van der Waals surface area contributed by atoms with Gasteiger partial charge in [-0.2, -0.15) is 0 Å². The number of carbonyl (C=O) groups is 2. The van der Waals surface area contributed by atoms with Gasteiger partial charge in [0.25, 0.3) is 0 Å². The maximum atomic E-state index is 13.6. The summed E-state index contributed by atoms with van der Waals surface area (Å²) < 4.78 is 17.1. The lowest BCUT2D eigenvalue weighted by molar-refractivity contribution is -0.143. The minimum Gasteiger partial charge on any atom is -0.494 e. The lowest BCUT2D eigenvalue weighted by Gasteiger charge is -2.27. The molecular weight excluding hydrogens is 532 g/mol. The van der Waals surface area contributed by atoms with Crippen molar-refractivity contribution in [3.05, 3.63) is 82.4 Å². The predicted molar refractivity (Wildman–Crippen MR) is 162 cm³/mol. The third-order valence-electron chi connectivity index (χ3n) is 8.42. The van der Waals surface area contributed by atoms with Gasteiger partial charge in [0.15, 0.2) is 11.5 Å². The summed E-state index contributed by atoms with van der Waals surface area (Å²) >= 11 is 0. The van der Waals surface area contributed by atoms with Gasteiger partial charge in [-0.05, 0) is 72.2 Å². The van der Waals surface area contributed by atoms with Crippen molar-refractivity contribution in [2.45, 2.75) is 58.9 Å². The molecule has 0 spiro atoms. The highest BCUT2D eigenvalue weighted by Gasteiger charge is 2.48. The van der Waals surface area contributed by atoms with E-state index < -0.39 is 17.9 Å². The van der Waals surface area contributed by atoms with E-state index in [0.717, 1.165) is 58.5 Å². The van der Waals surface area contributed by atoms with E-state index in [2.05, 4.69) is 19.2 Å². The van der Waals surface area contributed by atoms with E-state index in [9.17, 15) is 14.7 Å². The number of aliphatic carboxylic acids is 1. The number of carboxylic acid groups (broad SMARTS) is 1. The molecule has 222 valence electrons. The lowest BCUT2D eigenvalue weighted by Crippen LogP contribution is -2.35. The number of ether oxygens (including phenoxy) is 3. The number of anilines is 1. The molecule has 5 rings (SSSR count). The normalized spacial score (nSPS) is 19.6. The summed E-state index contributed by atoms with van der Waals surface area (Å²) in [6.45, 7) is 9.36. The van der Waals surface area contributed by atoms with Crippen LogP contribution < -0.4 is 19.5 Å². The molecular formula is C34H40N2O6. The van der Waals surface area contributed by atoms with Crippen LogP contribution in [0.25, 0.3) is 0 Å². The van der Waals surface area contributed by atoms with Gasteiger partial charge in [0.1, 0.15) is 5.75 Å². The Kier molecular flexibility index (Phi) is 9.02. The molecule has 1 saturated heterocycles. The predicted octanol–water partition coefficient (Wildman–Crippen LogP) is 6.12. The van der Waals surface area contributed by atoms with E-state index in [1.807, 2.05) is 73.3 Å². The quantitative estimate of drug-likeness (QED) is 0.286. The van der Waals surface area contributed by atoms with Gasteiger partial charge in [-0.15, -0.1) is 0 Å². The van der Waals surface area contributed by atoms with Crippen LogP contribution in [0.5, 0.6) is 17.2 Å². The monoisotopic (exact) mass is 572 g/mol. The highest BCUT2D eigenvalue weighted by atomic mass is 16.7. The first-order chi connectivity index (χ1) is 20.4. The number of likely N-dealkylation sites (tertiary alicyclic amines) is 1. The molecule has 0 radical (unpaired) electrons. The summed E-state index contributed by atoms with van der Waals surface area (Å²) in [5, 5.41) is 13.8. The number of rotatable bonds is 11. The number of fused-ring (bicyclic) bond motifs is 1. The fourth-order valence-electron chi connectivity index (χ4n) is 6.38. The van der Waals surface area contributed by atoms with Crippen molar-refractivity contribution in [3.8, 4) is 17.2 Å². The number of amides is 1. The molecule has 1 fully saturated rings. The van der Waals surface area contributed by atoms with E-state index in [0.29, 0.717) is 24.7 Å². The average molecular weight is 573 g/mol. The van der Waals surface area contributed by atoms with Crippen LogP contribution in [0.15, 0.2) is 54.6 Å². The number of nitrogens with zero attached hydrogens (tertiary/aromatic N) is 1. The molecule has 42 heavy (non-hydrogen) atoms. The third kappa shape index (κ3) is 5.81. The number of carbonyl (C=O) groups excluding carboxylic acids is 1. The van der Waals surface area contributed by atoms with Gasteiger partial charge in [0.05, 0.1) is 19.1 Å². The molecule has 0 bridgehead atoms. The number of hydrogen-bond acceptors (Lipinski definition) is 6. The molecule has 2 aliphatic heterocycles. The summed E-state index contributed by atoms with van der Waals surface area (Å²) in [5.74, 6) is -0.149. The summed E-state index contributed by atoms with van der Waals surface area (Å²) in [5.41, 5.74) is 5.63. The standard InChI is InChI=1S/C34H40N2O6/c1-5-17-40-25-13-11-24(12-14-25)32-30(34(38)39)27(26-15-16-28-33(21(26)4)42-20-41-28)18-36(32)19-29(37)35-31-22(6-2)9-8-10-23(31)7-3/h8-16,27,30,32H,5-7,17-20H2,1-4H3,(H,35,37)(H,38,39)/t27-,30?,32+/m1/s1. The van der Waals surface area contributed by atoms with Crippen molar-refractivity contribution in [1.82, 2.24) is 4.90 Å². The van der Waals surface area contributed by atoms with Crippen molar-refractivity contribution >= 4 is 17.6 Å². The number of nitrogens with one attached hydrogen (secondary N) is 1. The zero-order valence-electron chi connectivity index (χ0n) is 24.8.